The summed E-state index contributed by atoms with van der Waals surface area (Å²) in [4.78, 5) is 2.23. The number of hydrogen-bond donors (Lipinski definition) is 0. The molecule has 0 unspecified atom stereocenters. The maximum absolute atomic E-state index is 5.49. The number of fused-ring (bicyclic) bond motifs is 2. The van der Waals surface area contributed by atoms with E-state index in [1.807, 2.05) is 18.3 Å². The van der Waals surface area contributed by atoms with E-state index in [2.05, 4.69) is 44.5 Å². The number of para-hydroxylation sites is 1. The smallest absolute Gasteiger partial charge is 0.174 e. The quantitative estimate of drug-likeness (QED) is 0.561. The molecule has 0 N–H and O–H groups in total. The lowest BCUT2D eigenvalue weighted by molar-refractivity contribution is 0.122. The first-order chi connectivity index (χ1) is 12.4. The Morgan fingerprint density at radius 3 is 2.64 bits per heavy atom. The maximum Gasteiger partial charge on any atom is 0.174 e. The van der Waals surface area contributed by atoms with E-state index in [0.717, 1.165) is 65.0 Å². The first-order valence-corrected chi connectivity index (χ1v) is 8.33. The highest BCUT2D eigenvalue weighted by atomic mass is 16.5. The minimum Gasteiger partial charge on any atom is -0.378 e. The Labute approximate surface area is 144 Å². The second kappa shape index (κ2) is 5.82. The van der Waals surface area contributed by atoms with E-state index >= 15 is 0 Å². The number of aromatic nitrogens is 3. The van der Waals surface area contributed by atoms with Crippen molar-refractivity contribution >= 4 is 27.6 Å². The van der Waals surface area contributed by atoms with Crippen LogP contribution >= 0.6 is 0 Å². The van der Waals surface area contributed by atoms with E-state index in [4.69, 9.17) is 9.26 Å². The average molecular weight is 332 g/mol. The van der Waals surface area contributed by atoms with Gasteiger partial charge in [-0.3, -0.25) is 0 Å². The summed E-state index contributed by atoms with van der Waals surface area (Å²) in [6.07, 6.45) is 3.56. The minimum atomic E-state index is 0.717. The molecule has 1 fully saturated rings. The molecule has 6 heteroatoms. The topological polar surface area (TPSA) is 64.3 Å². The first kappa shape index (κ1) is 14.4. The summed E-state index contributed by atoms with van der Waals surface area (Å²) in [7, 11) is 0. The molecular formula is C19H16N4O2. The summed E-state index contributed by atoms with van der Waals surface area (Å²) in [6, 6.07) is 12.3. The largest absolute Gasteiger partial charge is 0.378 e. The van der Waals surface area contributed by atoms with Gasteiger partial charge in [0.05, 0.1) is 25.6 Å². The van der Waals surface area contributed by atoms with Gasteiger partial charge in [0.1, 0.15) is 0 Å². The molecule has 1 saturated heterocycles. The van der Waals surface area contributed by atoms with Crippen molar-refractivity contribution in [1.82, 2.24) is 15.4 Å². The van der Waals surface area contributed by atoms with E-state index < -0.39 is 0 Å². The Bertz CT molecular complexity index is 1050. The average Bonchev–Trinajstić information content (AvgIpc) is 3.17. The van der Waals surface area contributed by atoms with Crippen LogP contribution in [0.2, 0.25) is 0 Å². The molecule has 0 spiro atoms. The van der Waals surface area contributed by atoms with Crippen LogP contribution in [0.25, 0.3) is 32.9 Å². The number of morpholine rings is 1. The van der Waals surface area contributed by atoms with E-state index in [1.165, 1.54) is 0 Å². The standard InChI is InChI=1S/C19H16N4O2/c1-3-13-11-21-25-18(13)15(5-1)14-4-2-6-16-17(14)12-20-22-19(16)23-7-9-24-10-8-23/h1-6,11-12H,7-10H2. The molecule has 0 bridgehead atoms. The number of hydrogen-bond acceptors (Lipinski definition) is 6. The maximum atomic E-state index is 5.49. The predicted molar refractivity (Wildman–Crippen MR) is 95.6 cm³/mol. The van der Waals surface area contributed by atoms with Crippen LogP contribution in [0.1, 0.15) is 0 Å². The molecule has 2 aromatic carbocycles. The number of anilines is 1. The van der Waals surface area contributed by atoms with Crippen LogP contribution < -0.4 is 4.90 Å². The summed E-state index contributed by atoms with van der Waals surface area (Å²) in [5.74, 6) is 0.910. The molecule has 3 heterocycles. The van der Waals surface area contributed by atoms with Gasteiger partial charge in [-0.25, -0.2) is 0 Å². The zero-order valence-electron chi connectivity index (χ0n) is 13.6. The van der Waals surface area contributed by atoms with Gasteiger partial charge in [0.25, 0.3) is 0 Å². The summed E-state index contributed by atoms with van der Waals surface area (Å²) in [6.45, 7) is 3.09. The van der Waals surface area contributed by atoms with E-state index in [9.17, 15) is 0 Å². The van der Waals surface area contributed by atoms with Crippen molar-refractivity contribution in [2.75, 3.05) is 31.2 Å². The van der Waals surface area contributed by atoms with Crippen LogP contribution in [0.3, 0.4) is 0 Å². The number of nitrogens with zero attached hydrogens (tertiary/aromatic N) is 4. The van der Waals surface area contributed by atoms with Gasteiger partial charge in [0, 0.05) is 34.8 Å². The molecule has 0 aliphatic carbocycles. The second-order valence-corrected chi connectivity index (χ2v) is 6.08. The fraction of sp³-hybridized carbons (Fsp3) is 0.211. The number of benzene rings is 2. The third-order valence-corrected chi connectivity index (χ3v) is 4.67. The molecule has 124 valence electrons. The van der Waals surface area contributed by atoms with Crippen molar-refractivity contribution in [2.45, 2.75) is 0 Å². The molecule has 4 aromatic rings. The zero-order chi connectivity index (χ0) is 16.6. The Hall–Kier alpha value is -2.99. The third kappa shape index (κ3) is 2.34. The molecule has 25 heavy (non-hydrogen) atoms. The van der Waals surface area contributed by atoms with E-state index in [0.29, 0.717) is 0 Å². The van der Waals surface area contributed by atoms with Crippen LogP contribution in [0.4, 0.5) is 5.82 Å². The zero-order valence-corrected chi connectivity index (χ0v) is 13.6. The summed E-state index contributed by atoms with van der Waals surface area (Å²) in [5.41, 5.74) is 2.88. The van der Waals surface area contributed by atoms with Crippen molar-refractivity contribution < 1.29 is 9.26 Å². The lowest BCUT2D eigenvalue weighted by atomic mass is 9.98. The Kier molecular flexibility index (Phi) is 3.34. The molecule has 0 radical (unpaired) electrons. The lowest BCUT2D eigenvalue weighted by Gasteiger charge is -2.28. The molecule has 6 nitrogen and oxygen atoms in total. The van der Waals surface area contributed by atoms with Crippen LogP contribution in [0.15, 0.2) is 53.3 Å². The predicted octanol–water partition coefficient (Wildman–Crippen LogP) is 3.27. The first-order valence-electron chi connectivity index (χ1n) is 8.33. The summed E-state index contributed by atoms with van der Waals surface area (Å²) < 4.78 is 10.9. The lowest BCUT2D eigenvalue weighted by Crippen LogP contribution is -2.37. The van der Waals surface area contributed by atoms with Gasteiger partial charge < -0.3 is 14.2 Å². The highest BCUT2D eigenvalue weighted by molar-refractivity contribution is 6.05. The van der Waals surface area contributed by atoms with Crippen molar-refractivity contribution in [3.63, 3.8) is 0 Å². The molecular weight excluding hydrogens is 316 g/mol. The fourth-order valence-electron chi connectivity index (χ4n) is 3.44. The summed E-state index contributed by atoms with van der Waals surface area (Å²) >= 11 is 0. The van der Waals surface area contributed by atoms with Gasteiger partial charge >= 0.3 is 0 Å². The van der Waals surface area contributed by atoms with Gasteiger partial charge in [-0.1, -0.05) is 35.5 Å². The molecule has 0 saturated carbocycles. The molecule has 0 atom stereocenters. The summed E-state index contributed by atoms with van der Waals surface area (Å²) in [5, 5.41) is 15.7. The normalized spacial score (nSPS) is 15.1. The van der Waals surface area contributed by atoms with Gasteiger partial charge in [0.15, 0.2) is 11.4 Å². The van der Waals surface area contributed by atoms with E-state index in [-0.39, 0.29) is 0 Å². The van der Waals surface area contributed by atoms with Gasteiger partial charge in [-0.15, -0.1) is 5.10 Å². The van der Waals surface area contributed by atoms with Crippen molar-refractivity contribution in [3.8, 4) is 11.1 Å². The minimum absolute atomic E-state index is 0.717. The van der Waals surface area contributed by atoms with Crippen molar-refractivity contribution in [3.05, 3.63) is 48.8 Å². The molecule has 1 aliphatic heterocycles. The highest BCUT2D eigenvalue weighted by Crippen LogP contribution is 2.35. The van der Waals surface area contributed by atoms with Gasteiger partial charge in [-0.05, 0) is 11.6 Å². The third-order valence-electron chi connectivity index (χ3n) is 4.67. The van der Waals surface area contributed by atoms with Crippen molar-refractivity contribution in [2.24, 2.45) is 0 Å². The Balaban J connectivity index is 1.74. The van der Waals surface area contributed by atoms with Crippen LogP contribution in [0, 0.1) is 0 Å². The number of rotatable bonds is 2. The van der Waals surface area contributed by atoms with Gasteiger partial charge in [-0.2, -0.15) is 5.10 Å². The van der Waals surface area contributed by atoms with Crippen LogP contribution in [-0.4, -0.2) is 41.7 Å². The van der Waals surface area contributed by atoms with Gasteiger partial charge in [0.2, 0.25) is 0 Å². The Morgan fingerprint density at radius 2 is 1.72 bits per heavy atom. The second-order valence-electron chi connectivity index (χ2n) is 6.08. The fourth-order valence-corrected chi connectivity index (χ4v) is 3.44. The SMILES string of the molecule is c1cc(-c2cccc3c(N4CCOCC4)nncc23)c2oncc2c1. The van der Waals surface area contributed by atoms with Crippen LogP contribution in [0.5, 0.6) is 0 Å². The van der Waals surface area contributed by atoms with Crippen molar-refractivity contribution in [1.29, 1.82) is 0 Å². The molecule has 2 aromatic heterocycles. The monoisotopic (exact) mass is 332 g/mol. The van der Waals surface area contributed by atoms with Crippen LogP contribution in [-0.2, 0) is 4.74 Å². The Morgan fingerprint density at radius 1 is 0.880 bits per heavy atom. The molecule has 0 amide bonds. The van der Waals surface area contributed by atoms with E-state index in [1.54, 1.807) is 6.20 Å². The number of ether oxygens (including phenoxy) is 1. The highest BCUT2D eigenvalue weighted by Gasteiger charge is 2.18. The molecule has 5 rings (SSSR count). The molecule has 1 aliphatic rings.